The normalized spacial score (nSPS) is 24.1. The number of sulfonamides is 1. The lowest BCUT2D eigenvalue weighted by Crippen LogP contribution is -2.58. The molecule has 212 valence electrons. The Morgan fingerprint density at radius 1 is 1.05 bits per heavy atom. The number of rotatable bonds is 9. The highest BCUT2D eigenvalue weighted by molar-refractivity contribution is 7.89. The van der Waals surface area contributed by atoms with Crippen molar-refractivity contribution in [1.29, 1.82) is 0 Å². The Hall–Kier alpha value is -2.32. The molecule has 3 saturated heterocycles. The molecule has 1 aromatic heterocycles. The van der Waals surface area contributed by atoms with E-state index in [2.05, 4.69) is 9.97 Å². The SMILES string of the molecule is CC1(OC(=O)N2CCC(COc3cnc(N4CCN(S(=O)(=O)CCN5CC(F)(F)C5)CC4)cn3)CC2)CC1. The van der Waals surface area contributed by atoms with Crippen LogP contribution in [0.2, 0.25) is 0 Å². The van der Waals surface area contributed by atoms with Crippen LogP contribution in [0.4, 0.5) is 19.4 Å². The Bertz CT molecular complexity index is 1080. The molecule has 0 radical (unpaired) electrons. The summed E-state index contributed by atoms with van der Waals surface area (Å²) in [5.74, 6) is -1.45. The number of aromatic nitrogens is 2. The van der Waals surface area contributed by atoms with Gasteiger partial charge in [0.05, 0.1) is 37.8 Å². The summed E-state index contributed by atoms with van der Waals surface area (Å²) in [7, 11) is -3.50. The molecule has 14 heteroatoms. The summed E-state index contributed by atoms with van der Waals surface area (Å²) < 4.78 is 64.0. The summed E-state index contributed by atoms with van der Waals surface area (Å²) in [6, 6.07) is 0. The maximum Gasteiger partial charge on any atom is 0.410 e. The number of ether oxygens (including phenoxy) is 2. The van der Waals surface area contributed by atoms with E-state index < -0.39 is 15.9 Å². The summed E-state index contributed by atoms with van der Waals surface area (Å²) in [5.41, 5.74) is -0.258. The van der Waals surface area contributed by atoms with Gasteiger partial charge < -0.3 is 19.3 Å². The molecule has 1 amide bonds. The lowest BCUT2D eigenvalue weighted by atomic mass is 9.98. The van der Waals surface area contributed by atoms with Gasteiger partial charge in [-0.3, -0.25) is 4.90 Å². The molecule has 38 heavy (non-hydrogen) atoms. The summed E-state index contributed by atoms with van der Waals surface area (Å²) >= 11 is 0. The number of anilines is 1. The maximum absolute atomic E-state index is 13.0. The van der Waals surface area contributed by atoms with Gasteiger partial charge >= 0.3 is 6.09 Å². The van der Waals surface area contributed by atoms with Crippen LogP contribution in [0.5, 0.6) is 5.88 Å². The fraction of sp³-hybridized carbons (Fsp3) is 0.792. The lowest BCUT2D eigenvalue weighted by molar-refractivity contribution is -0.128. The number of likely N-dealkylation sites (tertiary alicyclic amines) is 2. The molecular formula is C24H36F2N6O5S. The maximum atomic E-state index is 13.0. The standard InChI is InChI=1S/C24H36F2N6O5S/c1-23(4-5-23)37-22(33)31-6-2-19(3-7-31)16-36-21-15-27-20(14-28-21)30-8-10-32(11-9-30)38(34,35)13-12-29-17-24(25,26)18-29/h14-15,19H,2-13,16-18H2,1H3. The van der Waals surface area contributed by atoms with E-state index >= 15 is 0 Å². The van der Waals surface area contributed by atoms with Crippen molar-refractivity contribution in [3.8, 4) is 5.88 Å². The van der Waals surface area contributed by atoms with Gasteiger partial charge in [0, 0.05) is 45.8 Å². The highest BCUT2D eigenvalue weighted by Crippen LogP contribution is 2.39. The summed E-state index contributed by atoms with van der Waals surface area (Å²) in [6.45, 7) is 4.71. The number of piperidine rings is 1. The first-order valence-corrected chi connectivity index (χ1v) is 14.9. The van der Waals surface area contributed by atoms with E-state index in [1.807, 2.05) is 11.8 Å². The predicted molar refractivity (Wildman–Crippen MR) is 135 cm³/mol. The topological polar surface area (TPSA) is 108 Å². The number of amides is 1. The number of halogens is 2. The third-order valence-electron chi connectivity index (χ3n) is 7.77. The summed E-state index contributed by atoms with van der Waals surface area (Å²) in [5, 5.41) is 0. The molecular weight excluding hydrogens is 522 g/mol. The van der Waals surface area contributed by atoms with Crippen molar-refractivity contribution in [3.63, 3.8) is 0 Å². The molecule has 0 spiro atoms. The number of alkyl halides is 2. The van der Waals surface area contributed by atoms with Gasteiger partial charge in [-0.2, -0.15) is 4.31 Å². The van der Waals surface area contributed by atoms with Crippen LogP contribution in [-0.2, 0) is 14.8 Å². The Balaban J connectivity index is 1.00. The first-order chi connectivity index (χ1) is 18.0. The predicted octanol–water partition coefficient (Wildman–Crippen LogP) is 1.66. The molecule has 1 saturated carbocycles. The van der Waals surface area contributed by atoms with Crippen molar-refractivity contribution in [2.75, 3.05) is 76.2 Å². The van der Waals surface area contributed by atoms with Gasteiger partial charge in [-0.05, 0) is 38.5 Å². The van der Waals surface area contributed by atoms with Gasteiger partial charge in [0.1, 0.15) is 11.4 Å². The molecule has 4 heterocycles. The molecule has 11 nitrogen and oxygen atoms in total. The van der Waals surface area contributed by atoms with E-state index in [0.29, 0.717) is 63.5 Å². The average Bonchev–Trinajstić information content (AvgIpc) is 3.62. The van der Waals surface area contributed by atoms with Gasteiger partial charge in [0.25, 0.3) is 5.92 Å². The second kappa shape index (κ2) is 10.7. The Kier molecular flexibility index (Phi) is 7.66. The third kappa shape index (κ3) is 6.81. The largest absolute Gasteiger partial charge is 0.476 e. The van der Waals surface area contributed by atoms with Crippen LogP contribution in [0.1, 0.15) is 32.6 Å². The first kappa shape index (κ1) is 27.3. The molecule has 5 rings (SSSR count). The van der Waals surface area contributed by atoms with Gasteiger partial charge in [0.15, 0.2) is 0 Å². The monoisotopic (exact) mass is 558 g/mol. The van der Waals surface area contributed by atoms with Crippen molar-refractivity contribution in [1.82, 2.24) is 24.1 Å². The number of hydrogen-bond donors (Lipinski definition) is 0. The van der Waals surface area contributed by atoms with Gasteiger partial charge in [-0.15, -0.1) is 0 Å². The molecule has 0 bridgehead atoms. The summed E-state index contributed by atoms with van der Waals surface area (Å²) in [6.07, 6.45) is 6.54. The average molecular weight is 559 g/mol. The number of carbonyl (C=O) groups is 1. The van der Waals surface area contributed by atoms with E-state index in [4.69, 9.17) is 9.47 Å². The molecule has 1 aliphatic carbocycles. The fourth-order valence-corrected chi connectivity index (χ4v) is 6.39. The number of carbonyl (C=O) groups excluding carboxylic acids is 1. The highest BCUT2D eigenvalue weighted by atomic mass is 32.2. The molecule has 0 N–H and O–H groups in total. The van der Waals surface area contributed by atoms with Crippen molar-refractivity contribution in [2.24, 2.45) is 5.92 Å². The Labute approximate surface area is 222 Å². The molecule has 0 aromatic carbocycles. The van der Waals surface area contributed by atoms with E-state index in [1.54, 1.807) is 17.3 Å². The smallest absolute Gasteiger partial charge is 0.410 e. The second-order valence-electron chi connectivity index (χ2n) is 11.0. The fourth-order valence-electron chi connectivity index (χ4n) is 4.92. The van der Waals surface area contributed by atoms with Gasteiger partial charge in [0.2, 0.25) is 15.9 Å². The first-order valence-electron chi connectivity index (χ1n) is 13.3. The quantitative estimate of drug-likeness (QED) is 0.447. The van der Waals surface area contributed by atoms with Gasteiger partial charge in [-0.25, -0.2) is 32.0 Å². The van der Waals surface area contributed by atoms with Gasteiger partial charge in [-0.1, -0.05) is 0 Å². The van der Waals surface area contributed by atoms with Crippen LogP contribution in [0.25, 0.3) is 0 Å². The molecule has 1 aromatic rings. The highest BCUT2D eigenvalue weighted by Gasteiger charge is 2.44. The number of nitrogens with zero attached hydrogens (tertiary/aromatic N) is 6. The van der Waals surface area contributed by atoms with Crippen molar-refractivity contribution in [2.45, 2.75) is 44.1 Å². The van der Waals surface area contributed by atoms with Crippen molar-refractivity contribution >= 4 is 21.9 Å². The van der Waals surface area contributed by atoms with Crippen LogP contribution < -0.4 is 9.64 Å². The number of piperazine rings is 1. The van der Waals surface area contributed by atoms with E-state index in [9.17, 15) is 22.0 Å². The molecule has 3 aliphatic heterocycles. The molecule has 0 atom stereocenters. The Morgan fingerprint density at radius 2 is 1.74 bits per heavy atom. The summed E-state index contributed by atoms with van der Waals surface area (Å²) in [4.78, 5) is 26.3. The van der Waals surface area contributed by atoms with E-state index in [1.165, 1.54) is 9.21 Å². The zero-order valence-corrected chi connectivity index (χ0v) is 22.5. The zero-order valence-electron chi connectivity index (χ0n) is 21.7. The number of hydrogen-bond acceptors (Lipinski definition) is 9. The minimum Gasteiger partial charge on any atom is -0.476 e. The zero-order chi connectivity index (χ0) is 27.0. The van der Waals surface area contributed by atoms with Crippen molar-refractivity contribution < 1.29 is 31.5 Å². The van der Waals surface area contributed by atoms with E-state index in [0.717, 1.165) is 25.7 Å². The Morgan fingerprint density at radius 3 is 2.32 bits per heavy atom. The molecule has 4 aliphatic rings. The minimum atomic E-state index is -3.50. The van der Waals surface area contributed by atoms with E-state index in [-0.39, 0.29) is 37.1 Å². The molecule has 4 fully saturated rings. The van der Waals surface area contributed by atoms with Crippen molar-refractivity contribution in [3.05, 3.63) is 12.4 Å². The van der Waals surface area contributed by atoms with Crippen LogP contribution in [0.15, 0.2) is 12.4 Å². The van der Waals surface area contributed by atoms with Crippen LogP contribution in [-0.4, -0.2) is 121 Å². The van der Waals surface area contributed by atoms with Crippen LogP contribution in [0, 0.1) is 5.92 Å². The van der Waals surface area contributed by atoms with Crippen LogP contribution in [0.3, 0.4) is 0 Å². The lowest BCUT2D eigenvalue weighted by Gasteiger charge is -2.39. The van der Waals surface area contributed by atoms with Crippen LogP contribution >= 0.6 is 0 Å². The minimum absolute atomic E-state index is 0.121. The third-order valence-corrected chi connectivity index (χ3v) is 9.62. The second-order valence-corrected chi connectivity index (χ2v) is 13.1. The molecule has 0 unspecified atom stereocenters.